The van der Waals surface area contributed by atoms with Crippen molar-refractivity contribution in [2.75, 3.05) is 7.11 Å². The van der Waals surface area contributed by atoms with E-state index < -0.39 is 6.17 Å². The molecule has 0 spiro atoms. The number of benzene rings is 3. The summed E-state index contributed by atoms with van der Waals surface area (Å²) in [7, 11) is 1.58. The van der Waals surface area contributed by atoms with Crippen molar-refractivity contribution in [1.82, 2.24) is 10.6 Å². The molecule has 39 heavy (non-hydrogen) atoms. The Morgan fingerprint density at radius 3 is 1.46 bits per heavy atom. The van der Waals surface area contributed by atoms with Crippen LogP contribution in [0.1, 0.15) is 99.0 Å². The highest BCUT2D eigenvalue weighted by molar-refractivity contribution is 5.97. The maximum Gasteiger partial charge on any atom is 0.253 e. The van der Waals surface area contributed by atoms with Gasteiger partial charge < -0.3 is 20.1 Å². The van der Waals surface area contributed by atoms with E-state index in [1.807, 2.05) is 44.2 Å². The molecule has 0 unspecified atom stereocenters. The van der Waals surface area contributed by atoms with Gasteiger partial charge in [0.2, 0.25) is 0 Å². The van der Waals surface area contributed by atoms with Crippen molar-refractivity contribution in [3.05, 3.63) is 94.5 Å². The van der Waals surface area contributed by atoms with Crippen molar-refractivity contribution in [3.63, 3.8) is 0 Å². The largest absolute Gasteiger partial charge is 0.493 e. The average Bonchev–Trinajstić information content (AvgIpc) is 2.87. The van der Waals surface area contributed by atoms with Crippen molar-refractivity contribution >= 4 is 11.8 Å². The van der Waals surface area contributed by atoms with Gasteiger partial charge in [-0.25, -0.2) is 0 Å². The fourth-order valence-electron chi connectivity index (χ4n) is 4.09. The van der Waals surface area contributed by atoms with Gasteiger partial charge in [-0.1, -0.05) is 71.9 Å². The highest BCUT2D eigenvalue weighted by Crippen LogP contribution is 2.31. The predicted octanol–water partition coefficient (Wildman–Crippen LogP) is 6.94. The zero-order valence-corrected chi connectivity index (χ0v) is 24.6. The third kappa shape index (κ3) is 7.85. The van der Waals surface area contributed by atoms with E-state index >= 15 is 0 Å². The Morgan fingerprint density at radius 1 is 0.667 bits per heavy atom. The third-order valence-electron chi connectivity index (χ3n) is 6.46. The Kier molecular flexibility index (Phi) is 9.10. The van der Waals surface area contributed by atoms with Crippen LogP contribution in [0, 0.1) is 0 Å². The first-order valence-corrected chi connectivity index (χ1v) is 13.4. The molecule has 2 amide bonds. The predicted molar refractivity (Wildman–Crippen MR) is 157 cm³/mol. The van der Waals surface area contributed by atoms with E-state index in [1.54, 1.807) is 43.5 Å². The quantitative estimate of drug-likeness (QED) is 0.310. The van der Waals surface area contributed by atoms with Gasteiger partial charge >= 0.3 is 0 Å². The molecule has 0 aliphatic rings. The summed E-state index contributed by atoms with van der Waals surface area (Å²) < 4.78 is 11.4. The van der Waals surface area contributed by atoms with E-state index in [4.69, 9.17) is 9.47 Å². The lowest BCUT2D eigenvalue weighted by Gasteiger charge is -2.24. The number of hydrogen-bond acceptors (Lipinski definition) is 4. The minimum atomic E-state index is -0.810. The Hall–Kier alpha value is -3.80. The molecular weight excluding hydrogens is 488 g/mol. The SMILES string of the molecule is COc1ccc(C(NC(=O)c2ccc(C(C)(C)C)cc2)NC(=O)c2ccc(C(C)(C)C)cc2)cc1OC(C)C. The number of rotatable bonds is 8. The zero-order chi connectivity index (χ0) is 29.0. The summed E-state index contributed by atoms with van der Waals surface area (Å²) in [4.78, 5) is 26.7. The summed E-state index contributed by atoms with van der Waals surface area (Å²) in [6.45, 7) is 16.6. The molecule has 6 heteroatoms. The molecule has 0 fully saturated rings. The fourth-order valence-corrected chi connectivity index (χ4v) is 4.09. The molecule has 0 bridgehead atoms. The van der Waals surface area contributed by atoms with Crippen LogP contribution in [0.15, 0.2) is 66.7 Å². The Balaban J connectivity index is 1.93. The summed E-state index contributed by atoms with van der Waals surface area (Å²) in [6, 6.07) is 20.4. The van der Waals surface area contributed by atoms with Crippen molar-refractivity contribution in [2.45, 2.75) is 78.5 Å². The molecule has 2 N–H and O–H groups in total. The molecular formula is C33H42N2O4. The number of carbonyl (C=O) groups excluding carboxylic acids is 2. The summed E-state index contributed by atoms with van der Waals surface area (Å²) >= 11 is 0. The van der Waals surface area contributed by atoms with Crippen molar-refractivity contribution < 1.29 is 19.1 Å². The molecule has 208 valence electrons. The second kappa shape index (κ2) is 11.9. The molecule has 0 aliphatic carbocycles. The Labute approximate surface area is 233 Å². The van der Waals surface area contributed by atoms with E-state index in [0.717, 1.165) is 11.1 Å². The molecule has 3 rings (SSSR count). The molecule has 0 saturated heterocycles. The molecule has 3 aromatic rings. The first-order valence-electron chi connectivity index (χ1n) is 13.4. The summed E-state index contributed by atoms with van der Waals surface area (Å²) in [5.41, 5.74) is 3.88. The van der Waals surface area contributed by atoms with Gasteiger partial charge in [-0.2, -0.15) is 0 Å². The zero-order valence-electron chi connectivity index (χ0n) is 24.6. The number of ether oxygens (including phenoxy) is 2. The van der Waals surface area contributed by atoms with Gasteiger partial charge in [0.25, 0.3) is 11.8 Å². The van der Waals surface area contributed by atoms with Gasteiger partial charge in [-0.15, -0.1) is 0 Å². The van der Waals surface area contributed by atoms with Crippen LogP contribution in [0.5, 0.6) is 11.5 Å². The van der Waals surface area contributed by atoms with Crippen LogP contribution < -0.4 is 20.1 Å². The first kappa shape index (κ1) is 29.8. The topological polar surface area (TPSA) is 76.7 Å². The van der Waals surface area contributed by atoms with E-state index in [0.29, 0.717) is 28.2 Å². The number of amides is 2. The lowest BCUT2D eigenvalue weighted by molar-refractivity contribution is 0.0883. The molecule has 0 heterocycles. The van der Waals surface area contributed by atoms with Gasteiger partial charge in [0.05, 0.1) is 13.2 Å². The fraction of sp³-hybridized carbons (Fsp3) is 0.394. The summed E-state index contributed by atoms with van der Waals surface area (Å²) in [5, 5.41) is 5.99. The maximum absolute atomic E-state index is 13.3. The minimum Gasteiger partial charge on any atom is -0.493 e. The monoisotopic (exact) mass is 530 g/mol. The minimum absolute atomic E-state index is 0.0238. The second-order valence-corrected chi connectivity index (χ2v) is 12.1. The number of methoxy groups -OCH3 is 1. The number of carbonyl (C=O) groups is 2. The standard InChI is InChI=1S/C33H42N2O4/c1-21(2)39-28-20-24(14-19-27(28)38-9)29(34-30(36)22-10-15-25(16-11-22)32(3,4)5)35-31(37)23-12-17-26(18-13-23)33(6,7)8/h10-21,29H,1-9H3,(H,34,36)(H,35,37). The smallest absolute Gasteiger partial charge is 0.253 e. The van der Waals surface area contributed by atoms with E-state index in [-0.39, 0.29) is 28.7 Å². The number of hydrogen-bond donors (Lipinski definition) is 2. The Morgan fingerprint density at radius 2 is 1.10 bits per heavy atom. The molecule has 3 aromatic carbocycles. The van der Waals surface area contributed by atoms with E-state index in [9.17, 15) is 9.59 Å². The highest BCUT2D eigenvalue weighted by Gasteiger charge is 2.22. The van der Waals surface area contributed by atoms with Crippen LogP contribution >= 0.6 is 0 Å². The van der Waals surface area contributed by atoms with Crippen molar-refractivity contribution in [2.24, 2.45) is 0 Å². The maximum atomic E-state index is 13.3. The lowest BCUT2D eigenvalue weighted by atomic mass is 9.86. The van der Waals surface area contributed by atoms with Gasteiger partial charge in [0.1, 0.15) is 6.17 Å². The van der Waals surface area contributed by atoms with Crippen LogP contribution in [-0.4, -0.2) is 25.0 Å². The van der Waals surface area contributed by atoms with Crippen LogP contribution in [0.3, 0.4) is 0 Å². The lowest BCUT2D eigenvalue weighted by Crippen LogP contribution is -2.41. The van der Waals surface area contributed by atoms with Crippen LogP contribution in [0.4, 0.5) is 0 Å². The second-order valence-electron chi connectivity index (χ2n) is 12.1. The van der Waals surface area contributed by atoms with Crippen LogP contribution in [0.2, 0.25) is 0 Å². The van der Waals surface area contributed by atoms with Gasteiger partial charge in [-0.3, -0.25) is 9.59 Å². The van der Waals surface area contributed by atoms with Gasteiger partial charge in [-0.05, 0) is 77.8 Å². The summed E-state index contributed by atoms with van der Waals surface area (Å²) in [6.07, 6.45) is -0.894. The van der Waals surface area contributed by atoms with Gasteiger partial charge in [0.15, 0.2) is 11.5 Å². The van der Waals surface area contributed by atoms with Crippen molar-refractivity contribution in [1.29, 1.82) is 0 Å². The first-order chi connectivity index (χ1) is 18.2. The molecule has 0 radical (unpaired) electrons. The molecule has 0 aromatic heterocycles. The van der Waals surface area contributed by atoms with E-state index in [1.165, 1.54) is 0 Å². The molecule has 6 nitrogen and oxygen atoms in total. The van der Waals surface area contributed by atoms with E-state index in [2.05, 4.69) is 52.2 Å². The molecule has 0 atom stereocenters. The third-order valence-corrected chi connectivity index (χ3v) is 6.46. The van der Waals surface area contributed by atoms with Crippen LogP contribution in [0.25, 0.3) is 0 Å². The highest BCUT2D eigenvalue weighted by atomic mass is 16.5. The Bertz CT molecular complexity index is 1210. The number of nitrogens with one attached hydrogen (secondary N) is 2. The molecule has 0 saturated carbocycles. The van der Waals surface area contributed by atoms with Crippen LogP contribution in [-0.2, 0) is 10.8 Å². The normalized spacial score (nSPS) is 11.9. The average molecular weight is 531 g/mol. The molecule has 0 aliphatic heterocycles. The summed E-state index contributed by atoms with van der Waals surface area (Å²) in [5.74, 6) is 0.499. The van der Waals surface area contributed by atoms with Crippen molar-refractivity contribution in [3.8, 4) is 11.5 Å². The van der Waals surface area contributed by atoms with Gasteiger partial charge in [0, 0.05) is 11.1 Å².